The summed E-state index contributed by atoms with van der Waals surface area (Å²) in [6, 6.07) is 7.66. The predicted octanol–water partition coefficient (Wildman–Crippen LogP) is 4.83. The maximum Gasteiger partial charge on any atom is 0.268 e. The summed E-state index contributed by atoms with van der Waals surface area (Å²) in [7, 11) is 0. The number of benzene rings is 1. The molecule has 2 aliphatic carbocycles. The Morgan fingerprint density at radius 2 is 2.07 bits per heavy atom. The van der Waals surface area contributed by atoms with Gasteiger partial charge in [0.05, 0.1) is 11.5 Å². The molecule has 1 aromatic carbocycles. The van der Waals surface area contributed by atoms with Gasteiger partial charge in [-0.3, -0.25) is 0 Å². The lowest BCUT2D eigenvalue weighted by molar-refractivity contribution is 0.233. The molecule has 0 bridgehead atoms. The van der Waals surface area contributed by atoms with Gasteiger partial charge in [0.2, 0.25) is 5.82 Å². The van der Waals surface area contributed by atoms with Gasteiger partial charge in [0.25, 0.3) is 5.89 Å². The molecule has 0 aliphatic heterocycles. The van der Waals surface area contributed by atoms with Crippen LogP contribution >= 0.6 is 11.3 Å². The van der Waals surface area contributed by atoms with E-state index in [0.29, 0.717) is 36.1 Å². The van der Waals surface area contributed by atoms with Gasteiger partial charge in [0.15, 0.2) is 0 Å². The average molecular weight is 397 g/mol. The third-order valence-corrected chi connectivity index (χ3v) is 7.47. The Kier molecular flexibility index (Phi) is 4.10. The molecule has 5 rings (SSSR count). The van der Waals surface area contributed by atoms with Gasteiger partial charge >= 0.3 is 0 Å². The molecule has 1 fully saturated rings. The second-order valence-corrected chi connectivity index (χ2v) is 9.59. The van der Waals surface area contributed by atoms with Gasteiger partial charge in [-0.25, -0.2) is 0 Å². The maximum atomic E-state index is 8.83. The number of aromatic nitrogens is 2. The highest BCUT2D eigenvalue weighted by atomic mass is 32.1. The molecule has 0 spiro atoms. The van der Waals surface area contributed by atoms with Crippen molar-refractivity contribution < 1.29 is 14.4 Å². The normalized spacial score (nSPS) is 21.4. The van der Waals surface area contributed by atoms with Crippen molar-refractivity contribution in [2.45, 2.75) is 39.5 Å². The molecular weight excluding hydrogens is 372 g/mol. The summed E-state index contributed by atoms with van der Waals surface area (Å²) in [5, 5.41) is 13.0. The van der Waals surface area contributed by atoms with Crippen LogP contribution in [-0.2, 0) is 6.42 Å². The first kappa shape index (κ1) is 17.9. The molecule has 3 aromatic rings. The van der Waals surface area contributed by atoms with Gasteiger partial charge in [-0.1, -0.05) is 19.0 Å². The summed E-state index contributed by atoms with van der Waals surface area (Å²) in [6.45, 7) is 7.61. The lowest BCUT2D eigenvalue weighted by atomic mass is 9.95. The van der Waals surface area contributed by atoms with Gasteiger partial charge in [0.1, 0.15) is 5.75 Å². The first-order valence-electron chi connectivity index (χ1n) is 9.81. The molecule has 2 aliphatic rings. The Balaban J connectivity index is 1.38. The summed E-state index contributed by atoms with van der Waals surface area (Å²) >= 11 is 1.79. The first-order chi connectivity index (χ1) is 13.5. The Morgan fingerprint density at radius 3 is 2.82 bits per heavy atom. The second-order valence-electron chi connectivity index (χ2n) is 8.36. The van der Waals surface area contributed by atoms with Crippen LogP contribution in [0.25, 0.3) is 22.2 Å². The Bertz CT molecular complexity index is 1020. The van der Waals surface area contributed by atoms with Crippen molar-refractivity contribution in [1.82, 2.24) is 10.1 Å². The number of aryl methyl sites for hydroxylation is 1. The van der Waals surface area contributed by atoms with Gasteiger partial charge < -0.3 is 14.4 Å². The summed E-state index contributed by atoms with van der Waals surface area (Å²) in [4.78, 5) is 7.23. The minimum Gasteiger partial charge on any atom is -0.494 e. The van der Waals surface area contributed by atoms with E-state index >= 15 is 0 Å². The second kappa shape index (κ2) is 6.42. The lowest BCUT2D eigenvalue weighted by Crippen LogP contribution is -1.99. The number of aliphatic hydroxyl groups is 1. The number of aliphatic hydroxyl groups excluding tert-OH is 1. The zero-order chi connectivity index (χ0) is 19.5. The number of hydrogen-bond donors (Lipinski definition) is 1. The maximum absolute atomic E-state index is 8.83. The van der Waals surface area contributed by atoms with Crippen molar-refractivity contribution in [1.29, 1.82) is 0 Å². The Labute approximate surface area is 168 Å². The van der Waals surface area contributed by atoms with Gasteiger partial charge in [0, 0.05) is 23.5 Å². The van der Waals surface area contributed by atoms with Crippen LogP contribution in [0.2, 0.25) is 0 Å². The van der Waals surface area contributed by atoms with Gasteiger partial charge in [-0.15, -0.1) is 11.3 Å². The molecule has 6 heteroatoms. The van der Waals surface area contributed by atoms with E-state index < -0.39 is 0 Å². The fraction of sp³-hybridized carbons (Fsp3) is 0.455. The molecule has 0 unspecified atom stereocenters. The van der Waals surface area contributed by atoms with E-state index in [-0.39, 0.29) is 6.61 Å². The lowest BCUT2D eigenvalue weighted by Gasteiger charge is -2.08. The Hall–Kier alpha value is -2.18. The van der Waals surface area contributed by atoms with E-state index in [0.717, 1.165) is 28.5 Å². The van der Waals surface area contributed by atoms with Crippen LogP contribution in [-0.4, -0.2) is 28.5 Å². The highest BCUT2D eigenvalue weighted by molar-refractivity contribution is 7.15. The Morgan fingerprint density at radius 1 is 1.29 bits per heavy atom. The van der Waals surface area contributed by atoms with Crippen LogP contribution in [0.5, 0.6) is 5.75 Å². The van der Waals surface area contributed by atoms with Crippen LogP contribution in [0.3, 0.4) is 0 Å². The standard InChI is InChI=1S/C22H24N2O3S/c1-12-17-15(11-16-18(17)22(16,2)3)19(28-12)21-23-20(24-27-21)13-5-7-14(8-6-13)26-10-4-9-25/h5-8,16,18,25H,4,9-11H2,1-3H3/t16-,18-/m1/s1. The fourth-order valence-electron chi connectivity index (χ4n) is 4.69. The molecule has 0 radical (unpaired) electrons. The number of rotatable bonds is 6. The van der Waals surface area contributed by atoms with Crippen LogP contribution < -0.4 is 4.74 Å². The number of thiophene rings is 1. The molecular formula is C22H24N2O3S. The minimum atomic E-state index is 0.134. The number of nitrogens with zero attached hydrogens (tertiary/aromatic N) is 2. The van der Waals surface area contributed by atoms with Crippen LogP contribution in [0.1, 0.15) is 42.2 Å². The van der Waals surface area contributed by atoms with E-state index in [1.165, 1.54) is 10.4 Å². The predicted molar refractivity (Wildman–Crippen MR) is 109 cm³/mol. The van der Waals surface area contributed by atoms with Crippen molar-refractivity contribution in [3.63, 3.8) is 0 Å². The quantitative estimate of drug-likeness (QED) is 0.605. The third-order valence-electron chi connectivity index (χ3n) is 6.32. The third kappa shape index (κ3) is 2.70. The monoisotopic (exact) mass is 396 g/mol. The van der Waals surface area contributed by atoms with E-state index in [9.17, 15) is 0 Å². The topological polar surface area (TPSA) is 68.4 Å². The van der Waals surface area contributed by atoms with E-state index in [1.807, 2.05) is 24.3 Å². The molecule has 0 amide bonds. The zero-order valence-corrected chi connectivity index (χ0v) is 17.2. The molecule has 146 valence electrons. The average Bonchev–Trinajstić information content (AvgIpc) is 3.17. The van der Waals surface area contributed by atoms with Crippen LogP contribution in [0.4, 0.5) is 0 Å². The molecule has 2 heterocycles. The minimum absolute atomic E-state index is 0.134. The number of fused-ring (bicyclic) bond motifs is 3. The van der Waals surface area contributed by atoms with Crippen molar-refractivity contribution in [2.24, 2.45) is 11.3 Å². The largest absolute Gasteiger partial charge is 0.494 e. The molecule has 28 heavy (non-hydrogen) atoms. The van der Waals surface area contributed by atoms with Gasteiger partial charge in [-0.05, 0) is 66.0 Å². The molecule has 2 atom stereocenters. The van der Waals surface area contributed by atoms with Crippen molar-refractivity contribution in [3.05, 3.63) is 40.3 Å². The zero-order valence-electron chi connectivity index (χ0n) is 16.4. The smallest absolute Gasteiger partial charge is 0.268 e. The van der Waals surface area contributed by atoms with E-state index in [4.69, 9.17) is 14.4 Å². The number of hydrogen-bond acceptors (Lipinski definition) is 6. The van der Waals surface area contributed by atoms with Crippen molar-refractivity contribution in [2.75, 3.05) is 13.2 Å². The van der Waals surface area contributed by atoms with Gasteiger partial charge in [-0.2, -0.15) is 4.98 Å². The summed E-state index contributed by atoms with van der Waals surface area (Å²) < 4.78 is 11.2. The first-order valence-corrected chi connectivity index (χ1v) is 10.6. The summed E-state index contributed by atoms with van der Waals surface area (Å²) in [5.74, 6) is 3.47. The summed E-state index contributed by atoms with van der Waals surface area (Å²) in [6.07, 6.45) is 1.75. The highest BCUT2D eigenvalue weighted by Crippen LogP contribution is 2.72. The molecule has 1 N–H and O–H groups in total. The van der Waals surface area contributed by atoms with Crippen molar-refractivity contribution >= 4 is 11.3 Å². The molecule has 1 saturated carbocycles. The highest BCUT2D eigenvalue weighted by Gasteiger charge is 2.63. The molecule has 2 aromatic heterocycles. The SMILES string of the molecule is Cc1sc(-c2nc(-c3ccc(OCCCO)cc3)no2)c2c1[C@H]1[C@@H](C2)C1(C)C. The van der Waals surface area contributed by atoms with Crippen LogP contribution in [0, 0.1) is 18.3 Å². The molecule has 0 saturated heterocycles. The van der Waals surface area contributed by atoms with Crippen molar-refractivity contribution in [3.8, 4) is 27.9 Å². The van der Waals surface area contributed by atoms with E-state index in [1.54, 1.807) is 16.9 Å². The number of ether oxygens (including phenoxy) is 1. The van der Waals surface area contributed by atoms with Crippen LogP contribution in [0.15, 0.2) is 28.8 Å². The van der Waals surface area contributed by atoms with E-state index in [2.05, 4.69) is 30.9 Å². The summed E-state index contributed by atoms with van der Waals surface area (Å²) in [5.41, 5.74) is 4.31. The molecule has 5 nitrogen and oxygen atoms in total. The fourth-order valence-corrected chi connectivity index (χ4v) is 5.85.